The molecule has 1 heteroatoms. The lowest BCUT2D eigenvalue weighted by Gasteiger charge is -2.37. The molecule has 0 saturated heterocycles. The SMILES string of the molecule is CC#CCNC1CCC1C1CC1. The molecule has 2 saturated carbocycles. The number of hydrogen-bond donors (Lipinski definition) is 1. The van der Waals surface area contributed by atoms with Gasteiger partial charge in [0, 0.05) is 6.04 Å². The van der Waals surface area contributed by atoms with Gasteiger partial charge in [-0.25, -0.2) is 0 Å². The monoisotopic (exact) mass is 163 g/mol. The van der Waals surface area contributed by atoms with Crippen LogP contribution in [0.4, 0.5) is 0 Å². The first-order valence-electron chi connectivity index (χ1n) is 5.05. The summed E-state index contributed by atoms with van der Waals surface area (Å²) in [6, 6.07) is 0.804. The molecule has 12 heavy (non-hydrogen) atoms. The topological polar surface area (TPSA) is 12.0 Å². The number of rotatable bonds is 3. The lowest BCUT2D eigenvalue weighted by molar-refractivity contribution is 0.189. The first kappa shape index (κ1) is 8.13. The zero-order chi connectivity index (χ0) is 8.39. The number of nitrogens with one attached hydrogen (secondary N) is 1. The van der Waals surface area contributed by atoms with E-state index < -0.39 is 0 Å². The van der Waals surface area contributed by atoms with Crippen LogP contribution in [0.5, 0.6) is 0 Å². The highest BCUT2D eigenvalue weighted by molar-refractivity contribution is 5.01. The number of hydrogen-bond acceptors (Lipinski definition) is 1. The summed E-state index contributed by atoms with van der Waals surface area (Å²) in [7, 11) is 0. The summed E-state index contributed by atoms with van der Waals surface area (Å²) in [6.45, 7) is 2.80. The summed E-state index contributed by atoms with van der Waals surface area (Å²) in [4.78, 5) is 0. The molecule has 0 aromatic carbocycles. The van der Waals surface area contributed by atoms with E-state index in [1.54, 1.807) is 0 Å². The van der Waals surface area contributed by atoms with Gasteiger partial charge in [0.15, 0.2) is 0 Å². The second kappa shape index (κ2) is 3.49. The Hall–Kier alpha value is -0.480. The second-order valence-electron chi connectivity index (χ2n) is 3.99. The van der Waals surface area contributed by atoms with Crippen LogP contribution >= 0.6 is 0 Å². The molecule has 2 unspecified atom stereocenters. The minimum absolute atomic E-state index is 0.804. The summed E-state index contributed by atoms with van der Waals surface area (Å²) in [5.41, 5.74) is 0. The molecule has 0 spiro atoms. The van der Waals surface area contributed by atoms with Crippen LogP contribution in [-0.2, 0) is 0 Å². The van der Waals surface area contributed by atoms with Crippen molar-refractivity contribution in [3.8, 4) is 11.8 Å². The summed E-state index contributed by atoms with van der Waals surface area (Å²) >= 11 is 0. The van der Waals surface area contributed by atoms with E-state index in [0.29, 0.717) is 0 Å². The second-order valence-corrected chi connectivity index (χ2v) is 3.99. The fraction of sp³-hybridized carbons (Fsp3) is 0.818. The van der Waals surface area contributed by atoms with Gasteiger partial charge in [-0.15, -0.1) is 5.92 Å². The van der Waals surface area contributed by atoms with Crippen LogP contribution in [0.1, 0.15) is 32.6 Å². The van der Waals surface area contributed by atoms with Crippen LogP contribution in [0.15, 0.2) is 0 Å². The van der Waals surface area contributed by atoms with E-state index in [4.69, 9.17) is 0 Å². The Morgan fingerprint density at radius 2 is 2.08 bits per heavy atom. The standard InChI is InChI=1S/C11H17N/c1-2-3-8-12-11-7-6-10(11)9-4-5-9/h9-12H,4-8H2,1H3. The lowest BCUT2D eigenvalue weighted by Crippen LogP contribution is -2.45. The Morgan fingerprint density at radius 1 is 1.25 bits per heavy atom. The molecular formula is C11H17N. The molecule has 2 rings (SSSR count). The van der Waals surface area contributed by atoms with Crippen LogP contribution in [-0.4, -0.2) is 12.6 Å². The summed E-state index contributed by atoms with van der Waals surface area (Å²) in [5.74, 6) is 8.06. The predicted octanol–water partition coefficient (Wildman–Crippen LogP) is 1.79. The van der Waals surface area contributed by atoms with E-state index in [1.807, 2.05) is 6.92 Å². The van der Waals surface area contributed by atoms with E-state index in [1.165, 1.54) is 25.7 Å². The Labute approximate surface area is 74.9 Å². The highest BCUT2D eigenvalue weighted by Gasteiger charge is 2.41. The van der Waals surface area contributed by atoms with Gasteiger partial charge >= 0.3 is 0 Å². The molecular weight excluding hydrogens is 146 g/mol. The molecule has 0 aromatic rings. The molecule has 2 aliphatic rings. The van der Waals surface area contributed by atoms with Crippen LogP contribution in [0, 0.1) is 23.7 Å². The van der Waals surface area contributed by atoms with Crippen molar-refractivity contribution in [3.63, 3.8) is 0 Å². The van der Waals surface area contributed by atoms with Gasteiger partial charge in [-0.05, 0) is 44.4 Å². The normalized spacial score (nSPS) is 33.4. The third-order valence-corrected chi connectivity index (χ3v) is 3.18. The largest absolute Gasteiger partial charge is 0.303 e. The van der Waals surface area contributed by atoms with Gasteiger partial charge in [0.05, 0.1) is 6.54 Å². The van der Waals surface area contributed by atoms with E-state index in [9.17, 15) is 0 Å². The quantitative estimate of drug-likeness (QED) is 0.625. The molecule has 0 radical (unpaired) electrons. The van der Waals surface area contributed by atoms with Gasteiger partial charge in [0.1, 0.15) is 0 Å². The van der Waals surface area contributed by atoms with E-state index in [0.717, 1.165) is 24.4 Å². The molecule has 0 bridgehead atoms. The minimum atomic E-state index is 0.804. The molecule has 0 aromatic heterocycles. The Kier molecular flexibility index (Phi) is 2.37. The maximum absolute atomic E-state index is 3.52. The average Bonchev–Trinajstić information content (AvgIpc) is 2.80. The fourth-order valence-corrected chi connectivity index (χ4v) is 2.14. The first-order valence-corrected chi connectivity index (χ1v) is 5.05. The molecule has 1 nitrogen and oxygen atoms in total. The van der Waals surface area contributed by atoms with Crippen molar-refractivity contribution in [1.29, 1.82) is 0 Å². The van der Waals surface area contributed by atoms with E-state index in [2.05, 4.69) is 17.2 Å². The molecule has 1 N–H and O–H groups in total. The van der Waals surface area contributed by atoms with E-state index in [-0.39, 0.29) is 0 Å². The Morgan fingerprint density at radius 3 is 2.58 bits per heavy atom. The van der Waals surface area contributed by atoms with Gasteiger partial charge in [-0.1, -0.05) is 5.92 Å². The van der Waals surface area contributed by atoms with Gasteiger partial charge in [0.25, 0.3) is 0 Å². The lowest BCUT2D eigenvalue weighted by atomic mass is 9.76. The van der Waals surface area contributed by atoms with Gasteiger partial charge in [-0.2, -0.15) is 0 Å². The molecule has 0 heterocycles. The van der Waals surface area contributed by atoms with Crippen LogP contribution in [0.25, 0.3) is 0 Å². The third kappa shape index (κ3) is 1.64. The highest BCUT2D eigenvalue weighted by Crippen LogP contribution is 2.46. The maximum atomic E-state index is 3.52. The molecule has 66 valence electrons. The van der Waals surface area contributed by atoms with Crippen molar-refractivity contribution in [3.05, 3.63) is 0 Å². The molecule has 2 atom stereocenters. The van der Waals surface area contributed by atoms with E-state index >= 15 is 0 Å². The van der Waals surface area contributed by atoms with Crippen molar-refractivity contribution in [1.82, 2.24) is 5.32 Å². The fourth-order valence-electron chi connectivity index (χ4n) is 2.14. The first-order chi connectivity index (χ1) is 5.92. The Balaban J connectivity index is 1.69. The molecule has 0 amide bonds. The van der Waals surface area contributed by atoms with Crippen molar-refractivity contribution in [2.24, 2.45) is 11.8 Å². The summed E-state index contributed by atoms with van der Waals surface area (Å²) < 4.78 is 0. The van der Waals surface area contributed by atoms with Crippen molar-refractivity contribution in [2.45, 2.75) is 38.6 Å². The zero-order valence-corrected chi connectivity index (χ0v) is 7.77. The molecule has 0 aliphatic heterocycles. The maximum Gasteiger partial charge on any atom is 0.0578 e. The van der Waals surface area contributed by atoms with Crippen molar-refractivity contribution >= 4 is 0 Å². The molecule has 2 fully saturated rings. The van der Waals surface area contributed by atoms with Crippen LogP contribution < -0.4 is 5.32 Å². The van der Waals surface area contributed by atoms with Crippen molar-refractivity contribution in [2.75, 3.05) is 6.54 Å². The predicted molar refractivity (Wildman–Crippen MR) is 50.7 cm³/mol. The van der Waals surface area contributed by atoms with Crippen LogP contribution in [0.2, 0.25) is 0 Å². The van der Waals surface area contributed by atoms with Gasteiger partial charge in [-0.3, -0.25) is 0 Å². The molecule has 2 aliphatic carbocycles. The minimum Gasteiger partial charge on any atom is -0.303 e. The highest BCUT2D eigenvalue weighted by atomic mass is 14.9. The zero-order valence-electron chi connectivity index (χ0n) is 7.77. The summed E-state index contributed by atoms with van der Waals surface area (Å²) in [6.07, 6.45) is 5.82. The van der Waals surface area contributed by atoms with Gasteiger partial charge < -0.3 is 5.32 Å². The average molecular weight is 163 g/mol. The smallest absolute Gasteiger partial charge is 0.0578 e. The van der Waals surface area contributed by atoms with Gasteiger partial charge in [0.2, 0.25) is 0 Å². The van der Waals surface area contributed by atoms with Crippen LogP contribution in [0.3, 0.4) is 0 Å². The Bertz CT molecular complexity index is 207. The summed E-state index contributed by atoms with van der Waals surface area (Å²) in [5, 5.41) is 3.52. The van der Waals surface area contributed by atoms with Crippen molar-refractivity contribution < 1.29 is 0 Å². The third-order valence-electron chi connectivity index (χ3n) is 3.18.